The number of carbonyl (C=O) groups excluding carboxylic acids is 2. The third-order valence-electron chi connectivity index (χ3n) is 3.29. The summed E-state index contributed by atoms with van der Waals surface area (Å²) < 4.78 is 1.79. The fraction of sp³-hybridized carbons (Fsp3) is 0.375. The highest BCUT2D eigenvalue weighted by atomic mass is 16.1. The van der Waals surface area contributed by atoms with Gasteiger partial charge in [0.25, 0.3) is 0 Å². The van der Waals surface area contributed by atoms with Crippen molar-refractivity contribution in [1.82, 2.24) is 15.0 Å². The molecule has 1 aromatic carbocycles. The molecule has 0 amide bonds. The number of unbranched alkanes of at least 4 members (excludes halogenated alkanes) is 1. The minimum absolute atomic E-state index is 0.0516. The first-order chi connectivity index (χ1) is 10.1. The van der Waals surface area contributed by atoms with Crippen LogP contribution in [0.4, 0.5) is 0 Å². The smallest absolute Gasteiger partial charge is 0.159 e. The number of aromatic nitrogens is 3. The molecule has 0 saturated heterocycles. The van der Waals surface area contributed by atoms with Crippen molar-refractivity contribution in [2.24, 2.45) is 0 Å². The van der Waals surface area contributed by atoms with Gasteiger partial charge in [-0.2, -0.15) is 0 Å². The number of Topliss-reactive ketones (excluding diaryl/α,β-unsaturated/α-hetero) is 2. The molecule has 0 bridgehead atoms. The Labute approximate surface area is 124 Å². The highest BCUT2D eigenvalue weighted by Gasteiger charge is 2.05. The maximum atomic E-state index is 11.2. The predicted molar refractivity (Wildman–Crippen MR) is 80.0 cm³/mol. The van der Waals surface area contributed by atoms with Crippen LogP contribution in [0.1, 0.15) is 43.5 Å². The molecule has 0 aliphatic heterocycles. The number of benzene rings is 1. The molecule has 2 rings (SSSR count). The quantitative estimate of drug-likeness (QED) is 0.579. The lowest BCUT2D eigenvalue weighted by molar-refractivity contribution is -0.117. The lowest BCUT2D eigenvalue weighted by Gasteiger charge is -1.99. The van der Waals surface area contributed by atoms with Crippen molar-refractivity contribution in [3.8, 4) is 11.3 Å². The van der Waals surface area contributed by atoms with Gasteiger partial charge in [-0.1, -0.05) is 29.5 Å². The lowest BCUT2D eigenvalue weighted by atomic mass is 10.1. The van der Waals surface area contributed by atoms with Gasteiger partial charge in [0.05, 0.1) is 6.20 Å². The lowest BCUT2D eigenvalue weighted by Crippen LogP contribution is -2.00. The fourth-order valence-electron chi connectivity index (χ4n) is 2.06. The molecule has 110 valence electrons. The third kappa shape index (κ3) is 4.34. The highest BCUT2D eigenvalue weighted by Crippen LogP contribution is 2.17. The SMILES string of the molecule is CC(=O)CCCCn1cc(-c2ccc(C(C)=O)cc2)nn1. The van der Waals surface area contributed by atoms with E-state index in [1.165, 1.54) is 0 Å². The van der Waals surface area contributed by atoms with Gasteiger partial charge >= 0.3 is 0 Å². The zero-order valence-electron chi connectivity index (χ0n) is 12.4. The van der Waals surface area contributed by atoms with Gasteiger partial charge in [-0.05, 0) is 26.7 Å². The molecule has 1 aromatic heterocycles. The minimum atomic E-state index is 0.0516. The van der Waals surface area contributed by atoms with Crippen LogP contribution in [0.5, 0.6) is 0 Å². The van der Waals surface area contributed by atoms with Gasteiger partial charge in [0.1, 0.15) is 11.5 Å². The Morgan fingerprint density at radius 3 is 2.43 bits per heavy atom. The maximum Gasteiger partial charge on any atom is 0.159 e. The second kappa shape index (κ2) is 6.92. The zero-order chi connectivity index (χ0) is 15.2. The molecule has 0 unspecified atom stereocenters. The molecule has 0 N–H and O–H groups in total. The van der Waals surface area contributed by atoms with Gasteiger partial charge in [-0.15, -0.1) is 5.10 Å². The van der Waals surface area contributed by atoms with E-state index in [-0.39, 0.29) is 11.6 Å². The number of carbonyl (C=O) groups is 2. The molecule has 0 radical (unpaired) electrons. The van der Waals surface area contributed by atoms with Crippen molar-refractivity contribution in [3.63, 3.8) is 0 Å². The Hall–Kier alpha value is -2.30. The van der Waals surface area contributed by atoms with Crippen LogP contribution in [-0.2, 0) is 11.3 Å². The molecular formula is C16H19N3O2. The maximum absolute atomic E-state index is 11.2. The summed E-state index contributed by atoms with van der Waals surface area (Å²) in [6.45, 7) is 3.91. The van der Waals surface area contributed by atoms with E-state index in [4.69, 9.17) is 0 Å². The summed E-state index contributed by atoms with van der Waals surface area (Å²) in [5.74, 6) is 0.274. The van der Waals surface area contributed by atoms with Crippen molar-refractivity contribution in [1.29, 1.82) is 0 Å². The van der Waals surface area contributed by atoms with Gasteiger partial charge in [0, 0.05) is 24.1 Å². The van der Waals surface area contributed by atoms with Crippen molar-refractivity contribution in [2.75, 3.05) is 0 Å². The molecular weight excluding hydrogens is 266 g/mol. The van der Waals surface area contributed by atoms with E-state index >= 15 is 0 Å². The topological polar surface area (TPSA) is 64.8 Å². The normalized spacial score (nSPS) is 10.6. The molecule has 0 atom stereocenters. The molecule has 1 heterocycles. The summed E-state index contributed by atoms with van der Waals surface area (Å²) in [5.41, 5.74) is 2.42. The number of hydrogen-bond acceptors (Lipinski definition) is 4. The van der Waals surface area contributed by atoms with E-state index in [1.807, 2.05) is 18.3 Å². The van der Waals surface area contributed by atoms with Crippen LogP contribution in [0, 0.1) is 0 Å². The molecule has 0 aliphatic carbocycles. The first-order valence-corrected chi connectivity index (χ1v) is 7.07. The molecule has 0 fully saturated rings. The highest BCUT2D eigenvalue weighted by molar-refractivity contribution is 5.94. The first kappa shape index (κ1) is 15.1. The largest absolute Gasteiger partial charge is 0.300 e. The number of rotatable bonds is 7. The monoisotopic (exact) mass is 285 g/mol. The second-order valence-electron chi connectivity index (χ2n) is 5.16. The first-order valence-electron chi connectivity index (χ1n) is 7.07. The fourth-order valence-corrected chi connectivity index (χ4v) is 2.06. The molecule has 5 heteroatoms. The van der Waals surface area contributed by atoms with Crippen molar-refractivity contribution in [2.45, 2.75) is 39.7 Å². The van der Waals surface area contributed by atoms with Crippen LogP contribution in [-0.4, -0.2) is 26.6 Å². The average Bonchev–Trinajstić information content (AvgIpc) is 2.92. The van der Waals surface area contributed by atoms with Crippen LogP contribution >= 0.6 is 0 Å². The van der Waals surface area contributed by atoms with Gasteiger partial charge in [-0.3, -0.25) is 9.48 Å². The molecule has 2 aromatic rings. The van der Waals surface area contributed by atoms with Crippen LogP contribution < -0.4 is 0 Å². The van der Waals surface area contributed by atoms with Crippen molar-refractivity contribution in [3.05, 3.63) is 36.0 Å². The Morgan fingerprint density at radius 2 is 1.81 bits per heavy atom. The predicted octanol–water partition coefficient (Wildman–Crippen LogP) is 2.91. The van der Waals surface area contributed by atoms with Crippen LogP contribution in [0.2, 0.25) is 0 Å². The number of nitrogens with zero attached hydrogens (tertiary/aromatic N) is 3. The number of ketones is 2. The van der Waals surface area contributed by atoms with Crippen LogP contribution in [0.15, 0.2) is 30.5 Å². The van der Waals surface area contributed by atoms with E-state index in [0.717, 1.165) is 30.6 Å². The number of hydrogen-bond donors (Lipinski definition) is 0. The average molecular weight is 285 g/mol. The van der Waals surface area contributed by atoms with Gasteiger partial charge < -0.3 is 4.79 Å². The second-order valence-corrected chi connectivity index (χ2v) is 5.16. The van der Waals surface area contributed by atoms with Gasteiger partial charge in [0.15, 0.2) is 5.78 Å². The Morgan fingerprint density at radius 1 is 1.10 bits per heavy atom. The minimum Gasteiger partial charge on any atom is -0.300 e. The summed E-state index contributed by atoms with van der Waals surface area (Å²) >= 11 is 0. The summed E-state index contributed by atoms with van der Waals surface area (Å²) in [4.78, 5) is 22.1. The van der Waals surface area contributed by atoms with E-state index in [1.54, 1.807) is 30.7 Å². The van der Waals surface area contributed by atoms with Gasteiger partial charge in [0.2, 0.25) is 0 Å². The molecule has 21 heavy (non-hydrogen) atoms. The summed E-state index contributed by atoms with van der Waals surface area (Å²) in [5, 5.41) is 8.22. The van der Waals surface area contributed by atoms with E-state index in [2.05, 4.69) is 10.3 Å². The van der Waals surface area contributed by atoms with Crippen LogP contribution in [0.3, 0.4) is 0 Å². The molecule has 0 saturated carbocycles. The summed E-state index contributed by atoms with van der Waals surface area (Å²) in [6, 6.07) is 7.34. The Balaban J connectivity index is 1.96. The van der Waals surface area contributed by atoms with Gasteiger partial charge in [-0.25, -0.2) is 0 Å². The van der Waals surface area contributed by atoms with E-state index in [0.29, 0.717) is 12.0 Å². The summed E-state index contributed by atoms with van der Waals surface area (Å²) in [7, 11) is 0. The zero-order valence-corrected chi connectivity index (χ0v) is 12.4. The Kier molecular flexibility index (Phi) is 4.98. The van der Waals surface area contributed by atoms with E-state index < -0.39 is 0 Å². The van der Waals surface area contributed by atoms with Crippen molar-refractivity contribution < 1.29 is 9.59 Å². The molecule has 0 spiro atoms. The van der Waals surface area contributed by atoms with E-state index in [9.17, 15) is 9.59 Å². The molecule has 0 aliphatic rings. The molecule has 5 nitrogen and oxygen atoms in total. The van der Waals surface area contributed by atoms with Crippen molar-refractivity contribution >= 4 is 11.6 Å². The standard InChI is InChI=1S/C16H19N3O2/c1-12(20)5-3-4-10-19-11-16(17-18-19)15-8-6-14(7-9-15)13(2)21/h6-9,11H,3-5,10H2,1-2H3. The third-order valence-corrected chi connectivity index (χ3v) is 3.29. The summed E-state index contributed by atoms with van der Waals surface area (Å²) in [6.07, 6.45) is 4.29. The van der Waals surface area contributed by atoms with Crippen LogP contribution in [0.25, 0.3) is 11.3 Å². The number of aryl methyl sites for hydroxylation is 1. The Bertz CT molecular complexity index is 629.